The monoisotopic (exact) mass is 195 g/mol. The molecule has 0 N–H and O–H groups in total. The van der Waals surface area contributed by atoms with Crippen molar-refractivity contribution >= 4 is 11.6 Å². The van der Waals surface area contributed by atoms with Gasteiger partial charge in [0.15, 0.2) is 12.3 Å². The van der Waals surface area contributed by atoms with E-state index >= 15 is 0 Å². The second-order valence-corrected chi connectivity index (χ2v) is 2.52. The van der Waals surface area contributed by atoms with Gasteiger partial charge in [0.2, 0.25) is 0 Å². The van der Waals surface area contributed by atoms with E-state index in [1.807, 2.05) is 0 Å². The van der Waals surface area contributed by atoms with E-state index in [9.17, 15) is 0 Å². The molecule has 0 saturated carbocycles. The first-order chi connectivity index (χ1) is 6.33. The Labute approximate surface area is 80.4 Å². The van der Waals surface area contributed by atoms with Crippen LogP contribution < -0.4 is 4.84 Å². The highest BCUT2D eigenvalue weighted by molar-refractivity contribution is 6.30. The Morgan fingerprint density at radius 2 is 2.38 bits per heavy atom. The Hall–Kier alpha value is -1.60. The molecule has 4 nitrogen and oxygen atoms in total. The van der Waals surface area contributed by atoms with E-state index in [2.05, 4.69) is 10.4 Å². The summed E-state index contributed by atoms with van der Waals surface area (Å²) >= 11 is 5.68. The summed E-state index contributed by atoms with van der Waals surface area (Å²) < 4.78 is 0. The summed E-state index contributed by atoms with van der Waals surface area (Å²) in [6, 6.07) is 8.55. The van der Waals surface area contributed by atoms with Gasteiger partial charge >= 0.3 is 0 Å². The molecule has 13 heavy (non-hydrogen) atoms. The Morgan fingerprint density at radius 3 is 3.08 bits per heavy atom. The van der Waals surface area contributed by atoms with Crippen LogP contribution in [0, 0.1) is 11.3 Å². The molecule has 0 aromatic heterocycles. The quantitative estimate of drug-likeness (QED) is 0.423. The van der Waals surface area contributed by atoms with E-state index in [0.717, 1.165) is 0 Å². The predicted molar refractivity (Wildman–Crippen MR) is 47.4 cm³/mol. The molecule has 0 unspecified atom stereocenters. The van der Waals surface area contributed by atoms with Gasteiger partial charge in [0.05, 0.1) is 6.07 Å². The van der Waals surface area contributed by atoms with Crippen molar-refractivity contribution < 1.29 is 4.84 Å². The molecule has 0 saturated heterocycles. The lowest BCUT2D eigenvalue weighted by molar-refractivity contribution is 0.307. The fourth-order valence-electron chi connectivity index (χ4n) is 0.660. The van der Waals surface area contributed by atoms with Crippen LogP contribution in [0.4, 0.5) is 0 Å². The highest BCUT2D eigenvalue weighted by atomic mass is 35.5. The lowest BCUT2D eigenvalue weighted by atomic mass is 10.3. The molecule has 0 fully saturated rings. The average Bonchev–Trinajstić information content (AvgIpc) is 2.13. The molecular weight excluding hydrogens is 190 g/mol. The molecule has 0 bridgehead atoms. The Balaban J connectivity index is 2.51. The smallest absolute Gasteiger partial charge is 0.161 e. The Kier molecular flexibility index (Phi) is 3.74. The van der Waals surface area contributed by atoms with E-state index < -0.39 is 0 Å². The lowest BCUT2D eigenvalue weighted by Crippen LogP contribution is -1.81. The van der Waals surface area contributed by atoms with Crippen LogP contribution in [0.1, 0.15) is 0 Å². The molecule has 1 aromatic rings. The number of hydrogen-bond donors (Lipinski definition) is 0. The topological polar surface area (TPSA) is 57.7 Å². The maximum Gasteiger partial charge on any atom is 0.161 e. The van der Waals surface area contributed by atoms with E-state index in [1.54, 1.807) is 30.3 Å². The number of benzene rings is 1. The van der Waals surface area contributed by atoms with Crippen molar-refractivity contribution in [1.82, 2.24) is 0 Å². The molecular formula is C8H6ClN3O. The van der Waals surface area contributed by atoms with Crippen LogP contribution >= 0.6 is 11.6 Å². The van der Waals surface area contributed by atoms with Crippen molar-refractivity contribution in [2.45, 2.75) is 0 Å². The third-order valence-corrected chi connectivity index (χ3v) is 1.38. The maximum atomic E-state index is 8.13. The van der Waals surface area contributed by atoms with Crippen LogP contribution in [0.2, 0.25) is 5.02 Å². The van der Waals surface area contributed by atoms with Gasteiger partial charge in [-0.1, -0.05) is 17.7 Å². The van der Waals surface area contributed by atoms with Gasteiger partial charge in [-0.15, -0.1) is 5.11 Å². The van der Waals surface area contributed by atoms with Gasteiger partial charge in [0.25, 0.3) is 0 Å². The Bertz CT molecular complexity index is 345. The zero-order valence-electron chi connectivity index (χ0n) is 6.64. The fraction of sp³-hybridized carbons (Fsp3) is 0.125. The summed E-state index contributed by atoms with van der Waals surface area (Å²) in [6.07, 6.45) is 0. The molecule has 66 valence electrons. The summed E-state index contributed by atoms with van der Waals surface area (Å²) in [5.74, 6) is 0.495. The van der Waals surface area contributed by atoms with E-state index in [0.29, 0.717) is 10.8 Å². The van der Waals surface area contributed by atoms with Gasteiger partial charge in [0, 0.05) is 16.4 Å². The third kappa shape index (κ3) is 3.54. The molecule has 0 atom stereocenters. The van der Waals surface area contributed by atoms with E-state index in [4.69, 9.17) is 21.7 Å². The Morgan fingerprint density at radius 1 is 1.54 bits per heavy atom. The van der Waals surface area contributed by atoms with Crippen LogP contribution in [0.3, 0.4) is 0 Å². The van der Waals surface area contributed by atoms with Gasteiger partial charge in [-0.05, 0) is 12.1 Å². The zero-order valence-corrected chi connectivity index (χ0v) is 7.40. The van der Waals surface area contributed by atoms with Crippen molar-refractivity contribution in [3.8, 4) is 11.8 Å². The van der Waals surface area contributed by atoms with Gasteiger partial charge < -0.3 is 4.84 Å². The number of nitrogens with zero attached hydrogens (tertiary/aromatic N) is 3. The van der Waals surface area contributed by atoms with Crippen LogP contribution in [-0.4, -0.2) is 6.54 Å². The highest BCUT2D eigenvalue weighted by Crippen LogP contribution is 2.17. The second kappa shape index (κ2) is 5.12. The number of nitriles is 1. The summed E-state index contributed by atoms with van der Waals surface area (Å²) in [7, 11) is 0. The van der Waals surface area contributed by atoms with E-state index in [1.165, 1.54) is 0 Å². The molecule has 0 aliphatic heterocycles. The first-order valence-electron chi connectivity index (χ1n) is 3.49. The van der Waals surface area contributed by atoms with Crippen molar-refractivity contribution in [1.29, 1.82) is 5.26 Å². The van der Waals surface area contributed by atoms with Gasteiger partial charge in [0.1, 0.15) is 0 Å². The van der Waals surface area contributed by atoms with Crippen LogP contribution in [-0.2, 0) is 0 Å². The van der Waals surface area contributed by atoms with Crippen LogP contribution in [0.5, 0.6) is 5.75 Å². The first kappa shape index (κ1) is 9.49. The zero-order chi connectivity index (χ0) is 9.52. The van der Waals surface area contributed by atoms with Gasteiger partial charge in [-0.3, -0.25) is 0 Å². The molecule has 0 radical (unpaired) electrons. The molecule has 5 heteroatoms. The fourth-order valence-corrected chi connectivity index (χ4v) is 0.841. The minimum absolute atomic E-state index is 0.0133. The molecule has 1 aromatic carbocycles. The molecule has 0 aliphatic carbocycles. The number of rotatable bonds is 3. The first-order valence-corrected chi connectivity index (χ1v) is 3.87. The minimum atomic E-state index is -0.0133. The lowest BCUT2D eigenvalue weighted by Gasteiger charge is -1.95. The molecule has 0 heterocycles. The number of hydrogen-bond acceptors (Lipinski definition) is 4. The SMILES string of the molecule is N#CCN=NOc1cccc(Cl)c1. The van der Waals surface area contributed by atoms with Crippen molar-refractivity contribution in [2.75, 3.05) is 6.54 Å². The van der Waals surface area contributed by atoms with Crippen LogP contribution in [0.15, 0.2) is 34.7 Å². The largest absolute Gasteiger partial charge is 0.340 e. The predicted octanol–water partition coefficient (Wildman–Crippen LogP) is 2.61. The molecule has 0 spiro atoms. The summed E-state index contributed by atoms with van der Waals surface area (Å²) in [5.41, 5.74) is 0. The number of halogens is 1. The highest BCUT2D eigenvalue weighted by Gasteiger charge is 1.92. The molecule has 0 aliphatic rings. The molecule has 1 rings (SSSR count). The van der Waals surface area contributed by atoms with E-state index in [-0.39, 0.29) is 6.54 Å². The second-order valence-electron chi connectivity index (χ2n) is 2.09. The van der Waals surface area contributed by atoms with Gasteiger partial charge in [-0.2, -0.15) is 5.26 Å². The maximum absolute atomic E-state index is 8.13. The van der Waals surface area contributed by atoms with Crippen molar-refractivity contribution in [2.24, 2.45) is 10.4 Å². The normalized spacial score (nSPS) is 9.85. The van der Waals surface area contributed by atoms with Crippen molar-refractivity contribution in [3.05, 3.63) is 29.3 Å². The summed E-state index contributed by atoms with van der Waals surface area (Å²) in [4.78, 5) is 4.81. The van der Waals surface area contributed by atoms with Crippen molar-refractivity contribution in [3.63, 3.8) is 0 Å². The summed E-state index contributed by atoms with van der Waals surface area (Å²) in [6.45, 7) is -0.0133. The van der Waals surface area contributed by atoms with Gasteiger partial charge in [-0.25, -0.2) is 0 Å². The summed E-state index contributed by atoms with van der Waals surface area (Å²) in [5, 5.41) is 15.4. The third-order valence-electron chi connectivity index (χ3n) is 1.14. The standard InChI is InChI=1S/C8H6ClN3O/c9-7-2-1-3-8(6-7)13-12-11-5-4-10/h1-3,6H,5H2. The minimum Gasteiger partial charge on any atom is -0.340 e. The average molecular weight is 196 g/mol. The molecule has 0 amide bonds. The van der Waals surface area contributed by atoms with Crippen LogP contribution in [0.25, 0.3) is 0 Å².